The van der Waals surface area contributed by atoms with E-state index in [1.165, 1.54) is 0 Å². The van der Waals surface area contributed by atoms with Crippen LogP contribution in [0.5, 0.6) is 5.75 Å². The van der Waals surface area contributed by atoms with Crippen LogP contribution in [0.4, 0.5) is 11.9 Å². The number of benzene rings is 1. The number of aromatic nitrogens is 3. The third-order valence-electron chi connectivity index (χ3n) is 2.92. The van der Waals surface area contributed by atoms with E-state index in [2.05, 4.69) is 26.9 Å². The minimum Gasteiger partial charge on any atom is -0.481 e. The van der Waals surface area contributed by atoms with Gasteiger partial charge in [-0.1, -0.05) is 18.1 Å². The zero-order chi connectivity index (χ0) is 17.5. The van der Waals surface area contributed by atoms with E-state index < -0.39 is 0 Å². The van der Waals surface area contributed by atoms with Gasteiger partial charge in [-0.2, -0.15) is 20.2 Å². The second-order valence-electron chi connectivity index (χ2n) is 4.94. The Labute approximate surface area is 140 Å². The molecule has 24 heavy (non-hydrogen) atoms. The van der Waals surface area contributed by atoms with Gasteiger partial charge >= 0.3 is 0 Å². The minimum absolute atomic E-state index is 0.0582. The van der Waals surface area contributed by atoms with Gasteiger partial charge in [-0.15, -0.1) is 6.42 Å². The molecule has 1 heterocycles. The van der Waals surface area contributed by atoms with Gasteiger partial charge in [0, 0.05) is 14.1 Å². The molecule has 0 amide bonds. The molecule has 0 saturated carbocycles. The molecule has 0 fully saturated rings. The molecule has 0 aliphatic rings. The van der Waals surface area contributed by atoms with Crippen molar-refractivity contribution in [2.45, 2.75) is 0 Å². The lowest BCUT2D eigenvalue weighted by molar-refractivity contribution is 0.370. The van der Waals surface area contributed by atoms with Gasteiger partial charge in [0.15, 0.2) is 5.82 Å². The summed E-state index contributed by atoms with van der Waals surface area (Å²) in [5, 5.41) is 9.41. The van der Waals surface area contributed by atoms with Crippen molar-refractivity contribution in [1.29, 1.82) is 5.26 Å². The maximum atomic E-state index is 9.41. The summed E-state index contributed by atoms with van der Waals surface area (Å²) in [6, 6.07) is 9.24. The van der Waals surface area contributed by atoms with Crippen LogP contribution >= 0.6 is 0 Å². The fourth-order valence-corrected chi connectivity index (χ4v) is 1.80. The van der Waals surface area contributed by atoms with Crippen LogP contribution in [-0.2, 0) is 0 Å². The van der Waals surface area contributed by atoms with Crippen molar-refractivity contribution < 1.29 is 4.74 Å². The van der Waals surface area contributed by atoms with E-state index in [-0.39, 0.29) is 24.0 Å². The van der Waals surface area contributed by atoms with Gasteiger partial charge in [0.1, 0.15) is 18.4 Å². The van der Waals surface area contributed by atoms with Crippen molar-refractivity contribution in [2.24, 2.45) is 0 Å². The molecule has 0 radical (unpaired) electrons. The van der Waals surface area contributed by atoms with Gasteiger partial charge < -0.3 is 15.4 Å². The molecule has 2 rings (SSSR count). The lowest BCUT2D eigenvalue weighted by Gasteiger charge is -2.11. The number of nitrogen functional groups attached to an aromatic ring is 1. The number of rotatable bonds is 5. The number of terminal acetylenes is 1. The number of nitrogens with zero attached hydrogens (tertiary/aromatic N) is 5. The van der Waals surface area contributed by atoms with E-state index in [0.29, 0.717) is 11.7 Å². The monoisotopic (exact) mass is 320 g/mol. The number of nitrogens with two attached hydrogens (primary N) is 1. The lowest BCUT2D eigenvalue weighted by Crippen LogP contribution is -2.15. The Morgan fingerprint density at radius 1 is 1.29 bits per heavy atom. The molecule has 0 aliphatic carbocycles. The Morgan fingerprint density at radius 3 is 2.58 bits per heavy atom. The molecule has 0 unspecified atom stereocenters. The molecule has 7 heteroatoms. The van der Waals surface area contributed by atoms with Crippen molar-refractivity contribution in [2.75, 3.05) is 31.3 Å². The number of hydrogen-bond acceptors (Lipinski definition) is 7. The number of ether oxygens (including phenoxy) is 1. The molecule has 120 valence electrons. The average Bonchev–Trinajstić information content (AvgIpc) is 2.58. The molecule has 0 aliphatic heterocycles. The van der Waals surface area contributed by atoms with E-state index in [9.17, 15) is 5.26 Å². The minimum atomic E-state index is 0.0582. The third-order valence-corrected chi connectivity index (χ3v) is 2.92. The van der Waals surface area contributed by atoms with Gasteiger partial charge in [0.2, 0.25) is 11.9 Å². The second kappa shape index (κ2) is 7.61. The highest BCUT2D eigenvalue weighted by Crippen LogP contribution is 2.19. The van der Waals surface area contributed by atoms with Crippen molar-refractivity contribution in [3.8, 4) is 24.2 Å². The maximum Gasteiger partial charge on any atom is 0.230 e. The molecular weight excluding hydrogens is 304 g/mol. The molecular formula is C17H16N6O. The summed E-state index contributed by atoms with van der Waals surface area (Å²) in [4.78, 5) is 14.0. The summed E-state index contributed by atoms with van der Waals surface area (Å²) in [6.45, 7) is 0.204. The van der Waals surface area contributed by atoms with E-state index in [0.717, 1.165) is 5.56 Å². The summed E-state index contributed by atoms with van der Waals surface area (Å²) in [5.41, 5.74) is 6.77. The smallest absolute Gasteiger partial charge is 0.230 e. The summed E-state index contributed by atoms with van der Waals surface area (Å²) in [5.74, 6) is 3.72. The summed E-state index contributed by atoms with van der Waals surface area (Å²) < 4.78 is 5.31. The third kappa shape index (κ3) is 4.21. The number of hydrogen-bond donors (Lipinski definition) is 1. The summed E-state index contributed by atoms with van der Waals surface area (Å²) in [7, 11) is 3.56. The highest BCUT2D eigenvalue weighted by Gasteiger charge is 2.10. The van der Waals surface area contributed by atoms with E-state index >= 15 is 0 Å². The molecule has 0 spiro atoms. The van der Waals surface area contributed by atoms with Crippen LogP contribution in [0.3, 0.4) is 0 Å². The van der Waals surface area contributed by atoms with Crippen LogP contribution in [0.25, 0.3) is 11.6 Å². The Kier molecular flexibility index (Phi) is 5.32. The maximum absolute atomic E-state index is 9.41. The van der Waals surface area contributed by atoms with Gasteiger partial charge in [0.05, 0.1) is 5.57 Å². The Bertz CT molecular complexity index is 828. The number of allylic oxidation sites excluding steroid dienone is 1. The Morgan fingerprint density at radius 2 is 2.00 bits per heavy atom. The highest BCUT2D eigenvalue weighted by molar-refractivity contribution is 5.87. The fraction of sp³-hybridized carbons (Fsp3) is 0.176. The van der Waals surface area contributed by atoms with Gasteiger partial charge in [0.25, 0.3) is 0 Å². The SMILES string of the molecule is C#CCOc1ccc(C=C(C#N)c2nc(N)nc(N(C)C)n2)cc1. The summed E-state index contributed by atoms with van der Waals surface area (Å²) >= 11 is 0. The molecule has 2 N–H and O–H groups in total. The van der Waals surface area contributed by atoms with Crippen LogP contribution < -0.4 is 15.4 Å². The molecule has 1 aromatic carbocycles. The molecule has 0 bridgehead atoms. The first-order chi connectivity index (χ1) is 11.5. The van der Waals surface area contributed by atoms with Crippen LogP contribution in [0, 0.1) is 23.7 Å². The largest absolute Gasteiger partial charge is 0.481 e. The predicted molar refractivity (Wildman–Crippen MR) is 92.8 cm³/mol. The van der Waals surface area contributed by atoms with Crippen molar-refractivity contribution in [3.63, 3.8) is 0 Å². The zero-order valence-corrected chi connectivity index (χ0v) is 13.4. The number of anilines is 2. The van der Waals surface area contributed by atoms with Crippen LogP contribution in [0.2, 0.25) is 0 Å². The fourth-order valence-electron chi connectivity index (χ4n) is 1.80. The average molecular weight is 320 g/mol. The predicted octanol–water partition coefficient (Wildman–Crippen LogP) is 1.60. The molecule has 0 atom stereocenters. The van der Waals surface area contributed by atoms with E-state index in [1.807, 2.05) is 0 Å². The van der Waals surface area contributed by atoms with Crippen LogP contribution in [0.1, 0.15) is 11.4 Å². The topological polar surface area (TPSA) is 101 Å². The second-order valence-corrected chi connectivity index (χ2v) is 4.94. The van der Waals surface area contributed by atoms with Crippen molar-refractivity contribution >= 4 is 23.5 Å². The number of nitriles is 1. The zero-order valence-electron chi connectivity index (χ0n) is 13.4. The Balaban J connectivity index is 2.33. The molecule has 2 aromatic rings. The van der Waals surface area contributed by atoms with Crippen LogP contribution in [-0.4, -0.2) is 35.7 Å². The van der Waals surface area contributed by atoms with E-state index in [1.54, 1.807) is 49.3 Å². The van der Waals surface area contributed by atoms with Gasteiger partial charge in [-0.05, 0) is 23.8 Å². The Hall–Kier alpha value is -3.58. The van der Waals surface area contributed by atoms with Crippen LogP contribution in [0.15, 0.2) is 24.3 Å². The van der Waals surface area contributed by atoms with Gasteiger partial charge in [-0.25, -0.2) is 0 Å². The first-order valence-electron chi connectivity index (χ1n) is 7.01. The quantitative estimate of drug-likeness (QED) is 0.659. The normalized spacial score (nSPS) is 10.6. The lowest BCUT2D eigenvalue weighted by atomic mass is 10.1. The van der Waals surface area contributed by atoms with Crippen molar-refractivity contribution in [1.82, 2.24) is 15.0 Å². The van der Waals surface area contributed by atoms with Crippen molar-refractivity contribution in [3.05, 3.63) is 35.7 Å². The standard InChI is InChI=1S/C17H16N6O/c1-4-9-24-14-7-5-12(6-8-14)10-13(11-18)15-20-16(19)22-17(21-15)23(2)3/h1,5-8,10H,9H2,2-3H3,(H2,19,20,21,22). The highest BCUT2D eigenvalue weighted by atomic mass is 16.5. The summed E-state index contributed by atoms with van der Waals surface area (Å²) in [6.07, 6.45) is 6.81. The molecule has 7 nitrogen and oxygen atoms in total. The molecule has 0 saturated heterocycles. The first kappa shape index (κ1) is 16.8. The van der Waals surface area contributed by atoms with E-state index in [4.69, 9.17) is 16.9 Å². The first-order valence-corrected chi connectivity index (χ1v) is 7.01. The van der Waals surface area contributed by atoms with Gasteiger partial charge in [-0.3, -0.25) is 0 Å². The molecule has 1 aromatic heterocycles.